The predicted molar refractivity (Wildman–Crippen MR) is 93.2 cm³/mol. The summed E-state index contributed by atoms with van der Waals surface area (Å²) in [6, 6.07) is 6.59. The third-order valence-electron chi connectivity index (χ3n) is 6.04. The molecule has 0 bridgehead atoms. The number of allylic oxidation sites excluding steroid dienone is 3. The van der Waals surface area contributed by atoms with Crippen molar-refractivity contribution in [3.05, 3.63) is 71.0 Å². The van der Waals surface area contributed by atoms with Crippen LogP contribution >= 0.6 is 0 Å². The molecule has 1 aromatic rings. The van der Waals surface area contributed by atoms with Crippen molar-refractivity contribution in [2.24, 2.45) is 5.41 Å². The second-order valence-electron chi connectivity index (χ2n) is 7.33. The van der Waals surface area contributed by atoms with E-state index in [4.69, 9.17) is 9.47 Å². The zero-order valence-corrected chi connectivity index (χ0v) is 14.2. The average molecular weight is 337 g/mol. The van der Waals surface area contributed by atoms with Crippen LogP contribution < -0.4 is 4.90 Å². The molecule has 4 aliphatic rings. The zero-order chi connectivity index (χ0) is 17.1. The van der Waals surface area contributed by atoms with Gasteiger partial charge in [0.25, 0.3) is 0 Å². The Hall–Kier alpha value is -2.13. The molecule has 3 nitrogen and oxygen atoms in total. The molecular formula is C21H20FNO2. The lowest BCUT2D eigenvalue weighted by Crippen LogP contribution is -2.45. The highest BCUT2D eigenvalue weighted by Gasteiger charge is 2.60. The highest BCUT2D eigenvalue weighted by molar-refractivity contribution is 5.63. The first-order valence-electron chi connectivity index (χ1n) is 8.81. The number of anilines is 1. The Labute approximate surface area is 146 Å². The number of fused-ring (bicyclic) bond motifs is 2. The monoisotopic (exact) mass is 337 g/mol. The third-order valence-corrected chi connectivity index (χ3v) is 6.04. The van der Waals surface area contributed by atoms with Crippen molar-refractivity contribution in [2.45, 2.75) is 32.0 Å². The van der Waals surface area contributed by atoms with Gasteiger partial charge in [0.15, 0.2) is 5.79 Å². The van der Waals surface area contributed by atoms with Gasteiger partial charge in [0.1, 0.15) is 5.82 Å². The second-order valence-corrected chi connectivity index (χ2v) is 7.33. The molecule has 1 saturated heterocycles. The molecule has 1 aromatic carbocycles. The van der Waals surface area contributed by atoms with E-state index in [9.17, 15) is 4.39 Å². The molecule has 1 atom stereocenters. The van der Waals surface area contributed by atoms with Crippen LogP contribution in [0.25, 0.3) is 0 Å². The highest BCUT2D eigenvalue weighted by Crippen LogP contribution is 2.60. The molecule has 1 spiro atoms. The Bertz CT molecular complexity index is 854. The molecule has 1 unspecified atom stereocenters. The Morgan fingerprint density at radius 2 is 1.92 bits per heavy atom. The minimum absolute atomic E-state index is 0.133. The maximum atomic E-state index is 13.3. The highest BCUT2D eigenvalue weighted by atomic mass is 19.1. The van der Waals surface area contributed by atoms with Crippen LogP contribution in [-0.4, -0.2) is 19.0 Å². The van der Waals surface area contributed by atoms with E-state index in [2.05, 4.69) is 29.7 Å². The van der Waals surface area contributed by atoms with E-state index in [0.717, 1.165) is 30.6 Å². The van der Waals surface area contributed by atoms with E-state index in [1.165, 1.54) is 23.3 Å². The smallest absolute Gasteiger partial charge is 0.178 e. The van der Waals surface area contributed by atoms with E-state index in [0.29, 0.717) is 13.2 Å². The summed E-state index contributed by atoms with van der Waals surface area (Å²) in [6.45, 7) is 3.60. The van der Waals surface area contributed by atoms with Crippen molar-refractivity contribution in [1.82, 2.24) is 0 Å². The summed E-state index contributed by atoms with van der Waals surface area (Å²) >= 11 is 0. The number of ether oxygens (including phenoxy) is 2. The number of hydrogen-bond donors (Lipinski definition) is 0. The maximum absolute atomic E-state index is 13.3. The molecule has 5 rings (SSSR count). The molecule has 0 radical (unpaired) electrons. The minimum Gasteiger partial charge on any atom is -0.347 e. The van der Waals surface area contributed by atoms with Crippen LogP contribution in [-0.2, 0) is 9.47 Å². The fraction of sp³-hybridized carbons (Fsp3) is 0.381. The Kier molecular flexibility index (Phi) is 3.14. The number of benzene rings is 1. The summed E-state index contributed by atoms with van der Waals surface area (Å²) in [5.41, 5.74) is 7.79. The van der Waals surface area contributed by atoms with E-state index in [1.54, 1.807) is 12.1 Å². The van der Waals surface area contributed by atoms with Gasteiger partial charge in [-0.15, -0.1) is 5.73 Å². The average Bonchev–Trinajstić information content (AvgIpc) is 3.20. The van der Waals surface area contributed by atoms with Gasteiger partial charge < -0.3 is 14.4 Å². The van der Waals surface area contributed by atoms with Gasteiger partial charge in [0, 0.05) is 23.2 Å². The van der Waals surface area contributed by atoms with Gasteiger partial charge in [-0.3, -0.25) is 0 Å². The first-order valence-corrected chi connectivity index (χ1v) is 8.81. The molecule has 1 saturated carbocycles. The molecule has 2 aliphatic carbocycles. The SMILES string of the molecule is CC12CC3=C(C=C1CCC21OCCO1)N(c1ccc(F)cc1)C=C=C3. The van der Waals surface area contributed by atoms with Gasteiger partial charge in [-0.05, 0) is 54.8 Å². The second kappa shape index (κ2) is 5.18. The van der Waals surface area contributed by atoms with Crippen molar-refractivity contribution in [3.8, 4) is 0 Å². The van der Waals surface area contributed by atoms with Crippen LogP contribution in [0.5, 0.6) is 0 Å². The Morgan fingerprint density at radius 1 is 1.16 bits per heavy atom. The fourth-order valence-electron chi connectivity index (χ4n) is 4.67. The lowest BCUT2D eigenvalue weighted by Gasteiger charge is -2.43. The van der Waals surface area contributed by atoms with Crippen LogP contribution in [0.3, 0.4) is 0 Å². The third kappa shape index (κ3) is 2.05. The Balaban J connectivity index is 1.56. The van der Waals surface area contributed by atoms with Gasteiger partial charge in [0.05, 0.1) is 19.4 Å². The molecule has 128 valence electrons. The van der Waals surface area contributed by atoms with E-state index in [-0.39, 0.29) is 11.2 Å². The van der Waals surface area contributed by atoms with Crippen molar-refractivity contribution >= 4 is 5.69 Å². The molecule has 0 amide bonds. The maximum Gasteiger partial charge on any atom is 0.178 e. The van der Waals surface area contributed by atoms with Crippen molar-refractivity contribution in [3.63, 3.8) is 0 Å². The number of nitrogens with zero attached hydrogens (tertiary/aromatic N) is 1. The van der Waals surface area contributed by atoms with E-state index >= 15 is 0 Å². The number of rotatable bonds is 1. The van der Waals surface area contributed by atoms with Gasteiger partial charge in [-0.2, -0.15) is 0 Å². The molecule has 0 aromatic heterocycles. The molecular weight excluding hydrogens is 317 g/mol. The topological polar surface area (TPSA) is 21.7 Å². The lowest BCUT2D eigenvalue weighted by atomic mass is 9.71. The van der Waals surface area contributed by atoms with Crippen molar-refractivity contribution in [2.75, 3.05) is 18.1 Å². The van der Waals surface area contributed by atoms with Crippen LogP contribution in [0.15, 0.2) is 65.2 Å². The Morgan fingerprint density at radius 3 is 2.68 bits per heavy atom. The molecule has 25 heavy (non-hydrogen) atoms. The van der Waals surface area contributed by atoms with E-state index < -0.39 is 5.79 Å². The van der Waals surface area contributed by atoms with Crippen molar-refractivity contribution in [1.29, 1.82) is 0 Å². The van der Waals surface area contributed by atoms with Gasteiger partial charge in [-0.25, -0.2) is 4.39 Å². The molecule has 4 heteroatoms. The van der Waals surface area contributed by atoms with E-state index in [1.807, 2.05) is 6.20 Å². The van der Waals surface area contributed by atoms with Crippen LogP contribution in [0, 0.1) is 11.2 Å². The van der Waals surface area contributed by atoms with Gasteiger partial charge in [-0.1, -0.05) is 12.5 Å². The summed E-state index contributed by atoms with van der Waals surface area (Å²) in [6.07, 6.45) is 9.00. The molecule has 2 heterocycles. The molecule has 0 N–H and O–H groups in total. The first-order chi connectivity index (χ1) is 12.1. The van der Waals surface area contributed by atoms with Crippen LogP contribution in [0.1, 0.15) is 26.2 Å². The lowest BCUT2D eigenvalue weighted by molar-refractivity contribution is -0.208. The molecule has 2 fully saturated rings. The first kappa shape index (κ1) is 15.2. The largest absolute Gasteiger partial charge is 0.347 e. The zero-order valence-electron chi connectivity index (χ0n) is 14.2. The van der Waals surface area contributed by atoms with Gasteiger partial charge in [0.2, 0.25) is 0 Å². The summed E-state index contributed by atoms with van der Waals surface area (Å²) in [5, 5.41) is 0. The minimum atomic E-state index is -0.479. The summed E-state index contributed by atoms with van der Waals surface area (Å²) in [4.78, 5) is 2.09. The van der Waals surface area contributed by atoms with Gasteiger partial charge >= 0.3 is 0 Å². The predicted octanol–water partition coefficient (Wildman–Crippen LogP) is 4.44. The van der Waals surface area contributed by atoms with Crippen LogP contribution in [0.4, 0.5) is 10.1 Å². The summed E-state index contributed by atoms with van der Waals surface area (Å²) in [7, 11) is 0. The van der Waals surface area contributed by atoms with Crippen LogP contribution in [0.2, 0.25) is 0 Å². The summed E-state index contributed by atoms with van der Waals surface area (Å²) in [5.74, 6) is -0.704. The normalized spacial score (nSPS) is 29.2. The quantitative estimate of drug-likeness (QED) is 0.707. The molecule has 2 aliphatic heterocycles. The fourth-order valence-corrected chi connectivity index (χ4v) is 4.67. The standard InChI is InChI=1S/C21H20FNO2/c1-20-14-15-3-2-10-23(18-6-4-17(22)5-7-18)19(15)13-16(20)8-9-21(20)24-11-12-25-21/h3-7,10,13H,8-9,11-12,14H2,1H3. The van der Waals surface area contributed by atoms with Crippen molar-refractivity contribution < 1.29 is 13.9 Å². The summed E-state index contributed by atoms with van der Waals surface area (Å²) < 4.78 is 25.5. The number of halogens is 1. The number of hydrogen-bond acceptors (Lipinski definition) is 3.